The summed E-state index contributed by atoms with van der Waals surface area (Å²) < 4.78 is 79.9. The second-order valence-electron chi connectivity index (χ2n) is 5.48. The van der Waals surface area contributed by atoms with Crippen molar-refractivity contribution in [3.05, 3.63) is 89.0 Å². The second kappa shape index (κ2) is 9.81. The van der Waals surface area contributed by atoms with E-state index in [2.05, 4.69) is 0 Å². The number of halogens is 6. The van der Waals surface area contributed by atoms with Crippen molar-refractivity contribution in [1.82, 2.24) is 0 Å². The molecule has 0 spiro atoms. The molecule has 0 unspecified atom stereocenters. The minimum absolute atomic E-state index is 0.140. The molecule has 29 heavy (non-hydrogen) atoms. The highest BCUT2D eigenvalue weighted by Crippen LogP contribution is 2.41. The average molecular weight is 418 g/mol. The van der Waals surface area contributed by atoms with Crippen molar-refractivity contribution in [2.45, 2.75) is 19.3 Å². The first-order chi connectivity index (χ1) is 13.4. The smallest absolute Gasteiger partial charge is 0.450 e. The van der Waals surface area contributed by atoms with Gasteiger partial charge in [-0.05, 0) is 35.8 Å². The van der Waals surface area contributed by atoms with Gasteiger partial charge < -0.3 is 10.2 Å². The first kappa shape index (κ1) is 23.8. The first-order valence-corrected chi connectivity index (χ1v) is 7.97. The Morgan fingerprint density at radius 2 is 1.14 bits per heavy atom. The van der Waals surface area contributed by atoms with E-state index in [4.69, 9.17) is 15.0 Å². The van der Waals surface area contributed by atoms with Crippen molar-refractivity contribution in [3.8, 4) is 0 Å². The van der Waals surface area contributed by atoms with Crippen LogP contribution < -0.4 is 0 Å². The summed E-state index contributed by atoms with van der Waals surface area (Å²) in [5.74, 6) is 0. The van der Waals surface area contributed by atoms with E-state index >= 15 is 0 Å². The molecule has 156 valence electrons. The Bertz CT molecular complexity index is 832. The summed E-state index contributed by atoms with van der Waals surface area (Å²) in [6.07, 6.45) is -6.99. The summed E-state index contributed by atoms with van der Waals surface area (Å²) in [6.45, 7) is 1.62. The fourth-order valence-electron chi connectivity index (χ4n) is 2.45. The molecule has 9 heteroatoms. The molecule has 2 aromatic carbocycles. The third-order valence-corrected chi connectivity index (χ3v) is 3.50. The number of allylic oxidation sites excluding steroid dienone is 3. The number of hydrogen-bond donors (Lipinski definition) is 2. The Morgan fingerprint density at radius 3 is 1.45 bits per heavy atom. The Kier molecular flexibility index (Phi) is 8.05. The highest BCUT2D eigenvalue weighted by atomic mass is 19.4. The van der Waals surface area contributed by atoms with E-state index in [0.717, 1.165) is 12.1 Å². The summed E-state index contributed by atoms with van der Waals surface area (Å²) >= 11 is 0. The van der Waals surface area contributed by atoms with Gasteiger partial charge in [-0.1, -0.05) is 54.6 Å². The Balaban J connectivity index is 0.000000960. The monoisotopic (exact) mass is 418 g/mol. The van der Waals surface area contributed by atoms with Gasteiger partial charge >= 0.3 is 18.5 Å². The molecule has 0 radical (unpaired) electrons. The minimum Gasteiger partial charge on any atom is -0.450 e. The fourth-order valence-corrected chi connectivity index (χ4v) is 2.45. The van der Waals surface area contributed by atoms with Crippen molar-refractivity contribution in [2.75, 3.05) is 0 Å². The molecule has 0 amide bonds. The van der Waals surface area contributed by atoms with Gasteiger partial charge in [-0.25, -0.2) is 4.79 Å². The van der Waals surface area contributed by atoms with Crippen LogP contribution in [0.25, 0.3) is 5.57 Å². The van der Waals surface area contributed by atoms with Crippen molar-refractivity contribution in [2.24, 2.45) is 0 Å². The Hall–Kier alpha value is -3.23. The molecule has 0 aromatic heterocycles. The number of carbonyl (C=O) groups is 1. The molecule has 3 nitrogen and oxygen atoms in total. The molecule has 0 aliphatic heterocycles. The van der Waals surface area contributed by atoms with E-state index in [1.54, 1.807) is 6.92 Å². The maximum absolute atomic E-state index is 13.3. The maximum Gasteiger partial charge on any atom is 0.503 e. The number of rotatable bonds is 3. The lowest BCUT2D eigenvalue weighted by atomic mass is 9.90. The summed E-state index contributed by atoms with van der Waals surface area (Å²) in [6, 6.07) is 9.19. The lowest BCUT2D eigenvalue weighted by molar-refractivity contribution is -0.138. The SMILES string of the molecule is C/C=C/C=C(c1ccccc1C(F)(F)F)c1ccccc1C(F)(F)F.O=C(O)O. The van der Waals surface area contributed by atoms with Crippen LogP contribution in [-0.2, 0) is 12.4 Å². The molecule has 0 fully saturated rings. The second-order valence-corrected chi connectivity index (χ2v) is 5.48. The van der Waals surface area contributed by atoms with E-state index in [1.165, 1.54) is 54.6 Å². The molecule has 0 atom stereocenters. The van der Waals surface area contributed by atoms with Crippen molar-refractivity contribution < 1.29 is 41.4 Å². The highest BCUT2D eigenvalue weighted by molar-refractivity contribution is 5.84. The van der Waals surface area contributed by atoms with Crippen LogP contribution in [0.2, 0.25) is 0 Å². The van der Waals surface area contributed by atoms with Crippen LogP contribution in [0.3, 0.4) is 0 Å². The predicted molar refractivity (Wildman–Crippen MR) is 95.4 cm³/mol. The zero-order valence-corrected chi connectivity index (χ0v) is 14.9. The van der Waals surface area contributed by atoms with Gasteiger partial charge in [0.25, 0.3) is 0 Å². The summed E-state index contributed by atoms with van der Waals surface area (Å²) in [5, 5.41) is 13.9. The van der Waals surface area contributed by atoms with Crippen LogP contribution in [0.15, 0.2) is 66.8 Å². The molecule has 0 saturated heterocycles. The molecule has 0 bridgehead atoms. The number of benzene rings is 2. The van der Waals surface area contributed by atoms with Gasteiger partial charge in [-0.3, -0.25) is 0 Å². The number of alkyl halides is 6. The van der Waals surface area contributed by atoms with Gasteiger partial charge in [-0.2, -0.15) is 26.3 Å². The van der Waals surface area contributed by atoms with E-state index in [0.29, 0.717) is 0 Å². The van der Waals surface area contributed by atoms with Crippen molar-refractivity contribution in [1.29, 1.82) is 0 Å². The van der Waals surface area contributed by atoms with E-state index in [-0.39, 0.29) is 16.7 Å². The average Bonchev–Trinajstić information content (AvgIpc) is 2.61. The Morgan fingerprint density at radius 1 is 0.793 bits per heavy atom. The third-order valence-electron chi connectivity index (χ3n) is 3.50. The molecule has 0 saturated carbocycles. The molecule has 0 heterocycles. The van der Waals surface area contributed by atoms with Gasteiger partial charge in [0.15, 0.2) is 0 Å². The van der Waals surface area contributed by atoms with Gasteiger partial charge in [0, 0.05) is 0 Å². The fraction of sp³-hybridized carbons (Fsp3) is 0.150. The Labute approximate surface area is 162 Å². The normalized spacial score (nSPS) is 11.6. The summed E-state index contributed by atoms with van der Waals surface area (Å²) in [7, 11) is 0. The molecular formula is C20H16F6O3. The van der Waals surface area contributed by atoms with E-state index in [9.17, 15) is 26.3 Å². The largest absolute Gasteiger partial charge is 0.503 e. The van der Waals surface area contributed by atoms with Gasteiger partial charge in [0.1, 0.15) is 0 Å². The number of carboxylic acid groups (broad SMARTS) is 2. The molecule has 0 aliphatic rings. The lowest BCUT2D eigenvalue weighted by Crippen LogP contribution is -2.12. The van der Waals surface area contributed by atoms with E-state index in [1.807, 2.05) is 0 Å². The molecule has 2 N–H and O–H groups in total. The van der Waals surface area contributed by atoms with Gasteiger partial charge in [-0.15, -0.1) is 0 Å². The zero-order valence-electron chi connectivity index (χ0n) is 14.9. The van der Waals surface area contributed by atoms with Crippen LogP contribution >= 0.6 is 0 Å². The zero-order chi connectivity index (χ0) is 22.2. The van der Waals surface area contributed by atoms with Crippen LogP contribution in [0.4, 0.5) is 31.1 Å². The van der Waals surface area contributed by atoms with Crippen LogP contribution in [0.1, 0.15) is 29.2 Å². The van der Waals surface area contributed by atoms with Crippen molar-refractivity contribution >= 4 is 11.7 Å². The van der Waals surface area contributed by atoms with E-state index < -0.39 is 29.6 Å². The van der Waals surface area contributed by atoms with Gasteiger partial charge in [0.05, 0.1) is 11.1 Å². The highest BCUT2D eigenvalue weighted by Gasteiger charge is 2.37. The topological polar surface area (TPSA) is 57.5 Å². The maximum atomic E-state index is 13.3. The summed E-state index contributed by atoms with van der Waals surface area (Å²) in [5.41, 5.74) is -2.71. The van der Waals surface area contributed by atoms with Crippen LogP contribution in [-0.4, -0.2) is 16.4 Å². The first-order valence-electron chi connectivity index (χ1n) is 7.97. The summed E-state index contributed by atoms with van der Waals surface area (Å²) in [4.78, 5) is 8.56. The minimum atomic E-state index is -4.68. The van der Waals surface area contributed by atoms with Crippen molar-refractivity contribution in [3.63, 3.8) is 0 Å². The predicted octanol–water partition coefficient (Wildman–Crippen LogP) is 6.95. The molecule has 2 aromatic rings. The molecular weight excluding hydrogens is 402 g/mol. The molecule has 0 aliphatic carbocycles. The third kappa shape index (κ3) is 7.02. The standard InChI is InChI=1S/C19H14F6.CH2O3/c1-2-3-8-13(14-9-4-6-11-16(14)18(20,21)22)15-10-5-7-12-17(15)19(23,24)25;2-1(3)4/h2-12H,1H3;(H2,2,3,4)/b3-2+;. The lowest BCUT2D eigenvalue weighted by Gasteiger charge is -2.19. The van der Waals surface area contributed by atoms with Crippen LogP contribution in [0, 0.1) is 0 Å². The number of hydrogen-bond acceptors (Lipinski definition) is 1. The molecule has 2 rings (SSSR count). The van der Waals surface area contributed by atoms with Gasteiger partial charge in [0.2, 0.25) is 0 Å². The quantitative estimate of drug-likeness (QED) is 0.419. The van der Waals surface area contributed by atoms with Crippen LogP contribution in [0.5, 0.6) is 0 Å².